The van der Waals surface area contributed by atoms with E-state index in [-0.39, 0.29) is 12.2 Å². The molecule has 7 nitrogen and oxygen atoms in total. The molecule has 158 valence electrons. The number of amides is 1. The van der Waals surface area contributed by atoms with Crippen molar-refractivity contribution in [1.82, 2.24) is 10.2 Å². The second kappa shape index (κ2) is 10.6. The van der Waals surface area contributed by atoms with E-state index >= 15 is 0 Å². The molecular weight excluding hydrogens is 436 g/mol. The van der Waals surface area contributed by atoms with E-state index < -0.39 is 5.91 Å². The van der Waals surface area contributed by atoms with Crippen LogP contribution in [0, 0.1) is 11.3 Å². The molecule has 1 N–H and O–H groups in total. The summed E-state index contributed by atoms with van der Waals surface area (Å²) in [5, 5.41) is 21.6. The average Bonchev–Trinajstić information content (AvgIpc) is 3.24. The van der Waals surface area contributed by atoms with E-state index in [2.05, 4.69) is 15.5 Å². The second-order valence-corrected chi connectivity index (χ2v) is 7.74. The van der Waals surface area contributed by atoms with Crippen molar-refractivity contribution >= 4 is 40.1 Å². The van der Waals surface area contributed by atoms with E-state index in [0.717, 1.165) is 17.0 Å². The molecule has 0 aliphatic carbocycles. The molecule has 0 unspecified atom stereocenters. The fourth-order valence-corrected chi connectivity index (χ4v) is 3.46. The van der Waals surface area contributed by atoms with Gasteiger partial charge in [-0.25, -0.2) is 0 Å². The first-order chi connectivity index (χ1) is 15.0. The number of nitrogens with zero attached hydrogens (tertiary/aromatic N) is 3. The Balaban J connectivity index is 1.75. The van der Waals surface area contributed by atoms with Crippen LogP contribution in [0.15, 0.2) is 48.0 Å². The minimum Gasteiger partial charge on any atom is -0.493 e. The van der Waals surface area contributed by atoms with Crippen LogP contribution in [0.1, 0.15) is 23.1 Å². The highest BCUT2D eigenvalue weighted by atomic mass is 35.5. The van der Waals surface area contributed by atoms with Crippen LogP contribution in [0.2, 0.25) is 5.02 Å². The Morgan fingerprint density at radius 2 is 2.06 bits per heavy atom. The molecule has 0 saturated heterocycles. The normalized spacial score (nSPS) is 11.0. The summed E-state index contributed by atoms with van der Waals surface area (Å²) in [5.41, 5.74) is 1.39. The van der Waals surface area contributed by atoms with Crippen molar-refractivity contribution in [2.75, 3.05) is 12.4 Å². The van der Waals surface area contributed by atoms with Gasteiger partial charge in [-0.2, -0.15) is 5.26 Å². The van der Waals surface area contributed by atoms with E-state index in [9.17, 15) is 10.1 Å². The van der Waals surface area contributed by atoms with E-state index in [1.807, 2.05) is 31.2 Å². The molecule has 0 fully saturated rings. The number of methoxy groups -OCH3 is 1. The number of ether oxygens (including phenoxy) is 2. The van der Waals surface area contributed by atoms with Gasteiger partial charge in [0, 0.05) is 10.6 Å². The highest BCUT2D eigenvalue weighted by Crippen LogP contribution is 2.30. The Morgan fingerprint density at radius 3 is 2.74 bits per heavy atom. The number of aromatic nitrogens is 2. The molecule has 0 atom stereocenters. The van der Waals surface area contributed by atoms with Gasteiger partial charge in [-0.05, 0) is 36.3 Å². The molecule has 0 aliphatic heterocycles. The smallest absolute Gasteiger partial charge is 0.268 e. The lowest BCUT2D eigenvalue weighted by Crippen LogP contribution is -2.13. The average molecular weight is 455 g/mol. The highest BCUT2D eigenvalue weighted by Gasteiger charge is 2.14. The molecule has 3 rings (SSSR count). The maximum absolute atomic E-state index is 12.4. The van der Waals surface area contributed by atoms with Crippen LogP contribution < -0.4 is 14.8 Å². The Kier molecular flexibility index (Phi) is 7.60. The Hall–Kier alpha value is -3.41. The summed E-state index contributed by atoms with van der Waals surface area (Å²) in [5.74, 6) is 0.429. The maximum Gasteiger partial charge on any atom is 0.268 e. The molecular formula is C22H19ClN4O3S. The van der Waals surface area contributed by atoms with E-state index in [0.29, 0.717) is 27.2 Å². The number of nitriles is 1. The number of hydrogen-bond acceptors (Lipinski definition) is 7. The molecule has 2 aromatic carbocycles. The van der Waals surface area contributed by atoms with Gasteiger partial charge in [-0.1, -0.05) is 54.1 Å². The largest absolute Gasteiger partial charge is 0.493 e. The maximum atomic E-state index is 12.4. The standard InChI is InChI=1S/C22H19ClN4O3S/c1-3-20-26-27-22(31-20)25-21(28)16(12-24)10-14-8-9-18(19(11-14)29-2)30-13-15-6-4-5-7-17(15)23/h4-11H,3,13H2,1-2H3,(H,25,27,28)/b16-10+. The fourth-order valence-electron chi connectivity index (χ4n) is 2.59. The van der Waals surface area contributed by atoms with Crippen molar-refractivity contribution in [3.63, 3.8) is 0 Å². The molecule has 31 heavy (non-hydrogen) atoms. The summed E-state index contributed by atoms with van der Waals surface area (Å²) < 4.78 is 11.2. The topological polar surface area (TPSA) is 97.1 Å². The highest BCUT2D eigenvalue weighted by molar-refractivity contribution is 7.15. The van der Waals surface area contributed by atoms with E-state index in [4.69, 9.17) is 21.1 Å². The van der Waals surface area contributed by atoms with Crippen LogP contribution >= 0.6 is 22.9 Å². The van der Waals surface area contributed by atoms with Crippen LogP contribution in [0.3, 0.4) is 0 Å². The number of nitrogens with one attached hydrogen (secondary N) is 1. The van der Waals surface area contributed by atoms with Crippen molar-refractivity contribution in [1.29, 1.82) is 5.26 Å². The quantitative estimate of drug-likeness (QED) is 0.384. The zero-order valence-corrected chi connectivity index (χ0v) is 18.5. The molecule has 1 amide bonds. The number of anilines is 1. The summed E-state index contributed by atoms with van der Waals surface area (Å²) in [6.45, 7) is 2.22. The lowest BCUT2D eigenvalue weighted by molar-refractivity contribution is -0.112. The predicted molar refractivity (Wildman–Crippen MR) is 120 cm³/mol. The third-order valence-electron chi connectivity index (χ3n) is 4.19. The molecule has 0 aliphatic rings. The lowest BCUT2D eigenvalue weighted by Gasteiger charge is -2.12. The van der Waals surface area contributed by atoms with Crippen molar-refractivity contribution < 1.29 is 14.3 Å². The second-order valence-electron chi connectivity index (χ2n) is 6.27. The number of rotatable bonds is 8. The molecule has 0 spiro atoms. The summed E-state index contributed by atoms with van der Waals surface area (Å²) in [6, 6.07) is 14.5. The molecule has 9 heteroatoms. The van der Waals surface area contributed by atoms with Gasteiger partial charge in [-0.3, -0.25) is 10.1 Å². The summed E-state index contributed by atoms with van der Waals surface area (Å²) >= 11 is 7.44. The van der Waals surface area contributed by atoms with Gasteiger partial charge in [0.05, 0.1) is 7.11 Å². The van der Waals surface area contributed by atoms with Crippen LogP contribution in [0.4, 0.5) is 5.13 Å². The zero-order chi connectivity index (χ0) is 22.2. The van der Waals surface area contributed by atoms with Gasteiger partial charge >= 0.3 is 0 Å². The number of aryl methyl sites for hydroxylation is 1. The first-order valence-electron chi connectivity index (χ1n) is 9.33. The first kappa shape index (κ1) is 22.3. The number of carbonyl (C=O) groups is 1. The third-order valence-corrected chi connectivity index (χ3v) is 5.55. The molecule has 1 heterocycles. The van der Waals surface area contributed by atoms with Gasteiger partial charge in [-0.15, -0.1) is 10.2 Å². The van der Waals surface area contributed by atoms with Gasteiger partial charge in [0.1, 0.15) is 23.3 Å². The Morgan fingerprint density at radius 1 is 1.26 bits per heavy atom. The van der Waals surface area contributed by atoms with Crippen molar-refractivity contribution in [2.45, 2.75) is 20.0 Å². The van der Waals surface area contributed by atoms with Crippen LogP contribution in [-0.2, 0) is 17.8 Å². The molecule has 1 aromatic heterocycles. The Bertz CT molecular complexity index is 1150. The lowest BCUT2D eigenvalue weighted by atomic mass is 10.1. The van der Waals surface area contributed by atoms with Crippen molar-refractivity contribution in [3.8, 4) is 17.6 Å². The summed E-state index contributed by atoms with van der Waals surface area (Å²) in [4.78, 5) is 12.4. The molecule has 3 aromatic rings. The molecule has 0 radical (unpaired) electrons. The Labute approximate surface area is 188 Å². The minimum atomic E-state index is -0.556. The van der Waals surface area contributed by atoms with Crippen LogP contribution in [-0.4, -0.2) is 23.2 Å². The number of carbonyl (C=O) groups excluding carboxylic acids is 1. The van der Waals surface area contributed by atoms with Gasteiger partial charge in [0.15, 0.2) is 11.5 Å². The number of halogens is 1. The van der Waals surface area contributed by atoms with Gasteiger partial charge in [0.2, 0.25) is 5.13 Å². The fraction of sp³-hybridized carbons (Fsp3) is 0.182. The summed E-state index contributed by atoms with van der Waals surface area (Å²) in [7, 11) is 1.52. The van der Waals surface area contributed by atoms with E-state index in [1.165, 1.54) is 24.5 Å². The predicted octanol–water partition coefficient (Wildman–Crippen LogP) is 4.89. The van der Waals surface area contributed by atoms with Gasteiger partial charge in [0.25, 0.3) is 5.91 Å². The van der Waals surface area contributed by atoms with Crippen molar-refractivity contribution in [2.24, 2.45) is 0 Å². The molecule has 0 saturated carbocycles. The van der Waals surface area contributed by atoms with E-state index in [1.54, 1.807) is 24.3 Å². The summed E-state index contributed by atoms with van der Waals surface area (Å²) in [6.07, 6.45) is 2.19. The number of hydrogen-bond donors (Lipinski definition) is 1. The van der Waals surface area contributed by atoms with Crippen LogP contribution in [0.25, 0.3) is 6.08 Å². The SMILES string of the molecule is CCc1nnc(NC(=O)/C(C#N)=C/c2ccc(OCc3ccccc3Cl)c(OC)c2)s1. The minimum absolute atomic E-state index is 0.0694. The zero-order valence-electron chi connectivity index (χ0n) is 16.9. The van der Waals surface area contributed by atoms with Crippen LogP contribution in [0.5, 0.6) is 11.5 Å². The molecule has 0 bridgehead atoms. The monoisotopic (exact) mass is 454 g/mol. The van der Waals surface area contributed by atoms with Crippen molar-refractivity contribution in [3.05, 3.63) is 69.2 Å². The van der Waals surface area contributed by atoms with Gasteiger partial charge < -0.3 is 9.47 Å². The number of benzene rings is 2. The third kappa shape index (κ3) is 5.81. The first-order valence-corrected chi connectivity index (χ1v) is 10.5.